The number of nitriles is 1. The molecule has 1 fully saturated rings. The molecule has 136 valence electrons. The van der Waals surface area contributed by atoms with Gasteiger partial charge in [0.05, 0.1) is 11.6 Å². The van der Waals surface area contributed by atoms with Crippen molar-refractivity contribution in [3.05, 3.63) is 35.9 Å². The SMILES string of the molecule is CC(C)(C#N)ON1C(C)(C)CC(OC(=O)c2ccccc2)CC1(C)C. The summed E-state index contributed by atoms with van der Waals surface area (Å²) in [5, 5.41) is 11.2. The normalized spacial score (nSPS) is 20.7. The Labute approximate surface area is 150 Å². The number of carbonyl (C=O) groups is 1. The zero-order valence-corrected chi connectivity index (χ0v) is 16.0. The van der Waals surface area contributed by atoms with Crippen molar-refractivity contribution >= 4 is 5.97 Å². The summed E-state index contributed by atoms with van der Waals surface area (Å²) >= 11 is 0. The lowest BCUT2D eigenvalue weighted by atomic mass is 9.80. The van der Waals surface area contributed by atoms with E-state index in [2.05, 4.69) is 6.07 Å². The van der Waals surface area contributed by atoms with Crippen molar-refractivity contribution in [3.63, 3.8) is 0 Å². The fourth-order valence-electron chi connectivity index (χ4n) is 3.54. The number of rotatable bonds is 4. The minimum absolute atomic E-state index is 0.206. The molecule has 0 aromatic heterocycles. The second-order valence-electron chi connectivity index (χ2n) is 8.43. The maximum Gasteiger partial charge on any atom is 0.338 e. The van der Waals surface area contributed by atoms with Gasteiger partial charge in [-0.1, -0.05) is 18.2 Å². The highest BCUT2D eigenvalue weighted by atomic mass is 16.7. The quantitative estimate of drug-likeness (QED) is 0.770. The first kappa shape index (κ1) is 19.4. The summed E-state index contributed by atoms with van der Waals surface area (Å²) in [7, 11) is 0. The Morgan fingerprint density at radius 3 is 2.16 bits per heavy atom. The van der Waals surface area contributed by atoms with Crippen molar-refractivity contribution in [2.45, 2.75) is 77.2 Å². The van der Waals surface area contributed by atoms with Gasteiger partial charge in [-0.2, -0.15) is 10.3 Å². The first-order valence-corrected chi connectivity index (χ1v) is 8.64. The summed E-state index contributed by atoms with van der Waals surface area (Å²) in [6, 6.07) is 11.2. The van der Waals surface area contributed by atoms with E-state index in [0.717, 1.165) is 0 Å². The average molecular weight is 344 g/mol. The third-order valence-corrected chi connectivity index (χ3v) is 4.43. The Kier molecular flexibility index (Phi) is 5.27. The van der Waals surface area contributed by atoms with E-state index in [9.17, 15) is 10.1 Å². The van der Waals surface area contributed by atoms with E-state index in [4.69, 9.17) is 9.57 Å². The molecule has 5 heteroatoms. The van der Waals surface area contributed by atoms with Gasteiger partial charge in [0.1, 0.15) is 6.10 Å². The maximum atomic E-state index is 12.4. The molecule has 1 heterocycles. The molecular formula is C20H28N2O3. The van der Waals surface area contributed by atoms with Gasteiger partial charge in [0.25, 0.3) is 0 Å². The Balaban J connectivity index is 2.15. The number of piperidine rings is 1. The van der Waals surface area contributed by atoms with Crippen molar-refractivity contribution in [1.29, 1.82) is 5.26 Å². The fourth-order valence-corrected chi connectivity index (χ4v) is 3.54. The van der Waals surface area contributed by atoms with E-state index in [1.807, 2.05) is 51.0 Å². The van der Waals surface area contributed by atoms with Crippen LogP contribution in [0.3, 0.4) is 0 Å². The molecule has 1 aromatic rings. The molecule has 0 bridgehead atoms. The van der Waals surface area contributed by atoms with Gasteiger partial charge in [-0.25, -0.2) is 4.79 Å². The van der Waals surface area contributed by atoms with Crippen LogP contribution in [0.5, 0.6) is 0 Å². The summed E-state index contributed by atoms with van der Waals surface area (Å²) in [6.45, 7) is 11.7. The van der Waals surface area contributed by atoms with Crippen molar-refractivity contribution < 1.29 is 14.4 Å². The number of hydrogen-bond acceptors (Lipinski definition) is 5. The van der Waals surface area contributed by atoms with E-state index in [1.54, 1.807) is 26.0 Å². The second kappa shape index (κ2) is 6.78. The molecule has 1 aliphatic heterocycles. The van der Waals surface area contributed by atoms with E-state index in [-0.39, 0.29) is 23.2 Å². The second-order valence-corrected chi connectivity index (χ2v) is 8.43. The van der Waals surface area contributed by atoms with Gasteiger partial charge < -0.3 is 4.74 Å². The number of esters is 1. The summed E-state index contributed by atoms with van der Waals surface area (Å²) in [5.74, 6) is -0.302. The van der Waals surface area contributed by atoms with E-state index in [1.165, 1.54) is 0 Å². The zero-order valence-electron chi connectivity index (χ0n) is 16.0. The summed E-state index contributed by atoms with van der Waals surface area (Å²) < 4.78 is 5.77. The van der Waals surface area contributed by atoms with Gasteiger partial charge in [0.2, 0.25) is 0 Å². The fraction of sp³-hybridized carbons (Fsp3) is 0.600. The van der Waals surface area contributed by atoms with Crippen LogP contribution in [0.1, 0.15) is 64.7 Å². The van der Waals surface area contributed by atoms with E-state index >= 15 is 0 Å². The average Bonchev–Trinajstić information content (AvgIpc) is 2.51. The van der Waals surface area contributed by atoms with Crippen LogP contribution in [-0.2, 0) is 9.57 Å². The predicted octanol–water partition coefficient (Wildman–Crippen LogP) is 4.10. The van der Waals surface area contributed by atoms with Gasteiger partial charge in [-0.15, -0.1) is 0 Å². The van der Waals surface area contributed by atoms with Gasteiger partial charge in [0, 0.05) is 23.9 Å². The minimum atomic E-state index is -0.915. The molecule has 1 aromatic carbocycles. The van der Waals surface area contributed by atoms with Crippen LogP contribution in [0.25, 0.3) is 0 Å². The van der Waals surface area contributed by atoms with Gasteiger partial charge in [0.15, 0.2) is 5.60 Å². The first-order valence-electron chi connectivity index (χ1n) is 8.64. The molecule has 2 rings (SSSR count). The Morgan fingerprint density at radius 1 is 1.16 bits per heavy atom. The molecular weight excluding hydrogens is 316 g/mol. The Hall–Kier alpha value is -1.90. The first-order chi connectivity index (χ1) is 11.5. The highest BCUT2D eigenvalue weighted by Gasteiger charge is 2.49. The molecule has 0 amide bonds. The standard InChI is InChI=1S/C20H28N2O3/c1-18(2)12-16(24-17(23)15-10-8-7-9-11-15)13-19(3,4)22(18)25-20(5,6)14-21/h7-11,16H,12-13H2,1-6H3. The smallest absolute Gasteiger partial charge is 0.338 e. The Bertz CT molecular complexity index is 641. The van der Waals surface area contributed by atoms with Crippen molar-refractivity contribution in [2.24, 2.45) is 0 Å². The van der Waals surface area contributed by atoms with Gasteiger partial charge >= 0.3 is 5.97 Å². The number of carbonyl (C=O) groups excluding carboxylic acids is 1. The van der Waals surface area contributed by atoms with Crippen LogP contribution < -0.4 is 0 Å². The zero-order chi connectivity index (χ0) is 18.9. The monoisotopic (exact) mass is 344 g/mol. The molecule has 0 atom stereocenters. The summed E-state index contributed by atoms with van der Waals surface area (Å²) in [4.78, 5) is 18.4. The predicted molar refractivity (Wildman–Crippen MR) is 95.7 cm³/mol. The van der Waals surface area contributed by atoms with E-state index < -0.39 is 5.60 Å². The molecule has 25 heavy (non-hydrogen) atoms. The van der Waals surface area contributed by atoms with Crippen LogP contribution >= 0.6 is 0 Å². The molecule has 0 radical (unpaired) electrons. The molecule has 0 spiro atoms. The van der Waals surface area contributed by atoms with Crippen molar-refractivity contribution in [3.8, 4) is 6.07 Å². The number of ether oxygens (including phenoxy) is 1. The molecule has 0 N–H and O–H groups in total. The largest absolute Gasteiger partial charge is 0.459 e. The van der Waals surface area contributed by atoms with E-state index in [0.29, 0.717) is 18.4 Å². The maximum absolute atomic E-state index is 12.4. The van der Waals surface area contributed by atoms with Crippen LogP contribution in [0.2, 0.25) is 0 Å². The topological polar surface area (TPSA) is 62.6 Å². The highest BCUT2D eigenvalue weighted by Crippen LogP contribution is 2.41. The van der Waals surface area contributed by atoms with Crippen molar-refractivity contribution in [1.82, 2.24) is 5.06 Å². The lowest BCUT2D eigenvalue weighted by molar-refractivity contribution is -0.324. The molecule has 0 unspecified atom stereocenters. The lowest BCUT2D eigenvalue weighted by Crippen LogP contribution is -2.63. The van der Waals surface area contributed by atoms with Crippen LogP contribution in [0.15, 0.2) is 30.3 Å². The van der Waals surface area contributed by atoms with Gasteiger partial charge in [-0.3, -0.25) is 4.84 Å². The number of hydroxylamine groups is 2. The number of nitrogens with zero attached hydrogens (tertiary/aromatic N) is 2. The summed E-state index contributed by atoms with van der Waals surface area (Å²) in [6.07, 6.45) is 1.07. The molecule has 5 nitrogen and oxygen atoms in total. The van der Waals surface area contributed by atoms with Crippen LogP contribution in [0.4, 0.5) is 0 Å². The third-order valence-electron chi connectivity index (χ3n) is 4.43. The summed E-state index contributed by atoms with van der Waals surface area (Å²) in [5.41, 5.74) is -1.11. The highest BCUT2D eigenvalue weighted by molar-refractivity contribution is 5.89. The van der Waals surface area contributed by atoms with Crippen LogP contribution in [-0.4, -0.2) is 33.8 Å². The minimum Gasteiger partial charge on any atom is -0.459 e. The lowest BCUT2D eigenvalue weighted by Gasteiger charge is -2.54. The molecule has 0 aliphatic carbocycles. The molecule has 1 aliphatic rings. The number of benzene rings is 1. The van der Waals surface area contributed by atoms with Gasteiger partial charge in [-0.05, 0) is 53.7 Å². The van der Waals surface area contributed by atoms with Crippen molar-refractivity contribution in [2.75, 3.05) is 0 Å². The molecule has 0 saturated carbocycles. The Morgan fingerprint density at radius 2 is 1.68 bits per heavy atom. The molecule has 1 saturated heterocycles. The number of hydrogen-bond donors (Lipinski definition) is 0. The van der Waals surface area contributed by atoms with Crippen LogP contribution in [0, 0.1) is 11.3 Å². The third kappa shape index (κ3) is 4.59.